The van der Waals surface area contributed by atoms with Gasteiger partial charge >= 0.3 is 0 Å². The van der Waals surface area contributed by atoms with Crippen LogP contribution < -0.4 is 5.32 Å². The van der Waals surface area contributed by atoms with Gasteiger partial charge in [-0.2, -0.15) is 5.26 Å². The van der Waals surface area contributed by atoms with E-state index in [0.29, 0.717) is 22.8 Å². The number of pyridine rings is 1. The molecule has 2 aromatic carbocycles. The van der Waals surface area contributed by atoms with E-state index >= 15 is 0 Å². The second-order valence-electron chi connectivity index (χ2n) is 6.49. The molecule has 1 aromatic heterocycles. The van der Waals surface area contributed by atoms with Crippen molar-refractivity contribution in [1.82, 2.24) is 4.98 Å². The zero-order valence-electron chi connectivity index (χ0n) is 15.9. The minimum atomic E-state index is -0.0463. The Morgan fingerprint density at radius 1 is 1.07 bits per heavy atom. The van der Waals surface area contributed by atoms with E-state index in [0.717, 1.165) is 22.5 Å². The van der Waals surface area contributed by atoms with Gasteiger partial charge in [-0.25, -0.2) is 4.98 Å². The highest BCUT2D eigenvalue weighted by atomic mass is 32.2. The highest BCUT2D eigenvalue weighted by molar-refractivity contribution is 7.99. The van der Waals surface area contributed by atoms with Gasteiger partial charge in [-0.1, -0.05) is 48.0 Å². The summed E-state index contributed by atoms with van der Waals surface area (Å²) in [6.07, 6.45) is 0.348. The van der Waals surface area contributed by atoms with Crippen LogP contribution in [0.25, 0.3) is 11.3 Å². The zero-order valence-corrected chi connectivity index (χ0v) is 16.7. The summed E-state index contributed by atoms with van der Waals surface area (Å²) in [6.45, 7) is 4.00. The van der Waals surface area contributed by atoms with Crippen molar-refractivity contribution in [2.24, 2.45) is 0 Å². The van der Waals surface area contributed by atoms with Gasteiger partial charge in [-0.3, -0.25) is 4.79 Å². The lowest BCUT2D eigenvalue weighted by Gasteiger charge is -2.09. The number of hydrogen-bond acceptors (Lipinski definition) is 4. The lowest BCUT2D eigenvalue weighted by molar-refractivity contribution is -0.115. The molecule has 1 heterocycles. The molecular formula is C23H21N3OS. The number of carbonyl (C=O) groups excluding carboxylic acids is 1. The fourth-order valence-electron chi connectivity index (χ4n) is 2.69. The molecule has 0 aliphatic rings. The number of nitriles is 1. The quantitative estimate of drug-likeness (QED) is 0.578. The van der Waals surface area contributed by atoms with E-state index in [1.165, 1.54) is 17.3 Å². The van der Waals surface area contributed by atoms with Crippen molar-refractivity contribution in [3.63, 3.8) is 0 Å². The van der Waals surface area contributed by atoms with Gasteiger partial charge in [-0.15, -0.1) is 11.8 Å². The Morgan fingerprint density at radius 2 is 1.82 bits per heavy atom. The third kappa shape index (κ3) is 4.99. The van der Waals surface area contributed by atoms with Gasteiger partial charge in [-0.05, 0) is 37.6 Å². The number of aryl methyl sites for hydroxylation is 2. The molecule has 1 N–H and O–H groups in total. The van der Waals surface area contributed by atoms with E-state index in [-0.39, 0.29) is 5.91 Å². The second-order valence-corrected chi connectivity index (χ2v) is 7.57. The van der Waals surface area contributed by atoms with Crippen LogP contribution in [0.5, 0.6) is 0 Å². The fraction of sp³-hybridized carbons (Fsp3) is 0.174. The minimum Gasteiger partial charge on any atom is -0.326 e. The van der Waals surface area contributed by atoms with E-state index in [4.69, 9.17) is 0 Å². The normalized spacial score (nSPS) is 10.3. The molecule has 0 radical (unpaired) electrons. The molecule has 0 atom stereocenters. The van der Waals surface area contributed by atoms with Crippen LogP contribution >= 0.6 is 11.8 Å². The van der Waals surface area contributed by atoms with E-state index < -0.39 is 0 Å². The van der Waals surface area contributed by atoms with Crippen molar-refractivity contribution in [3.05, 3.63) is 77.4 Å². The number of aromatic nitrogens is 1. The number of nitrogens with zero attached hydrogens (tertiary/aromatic N) is 2. The van der Waals surface area contributed by atoms with Crippen LogP contribution in [0.15, 0.2) is 65.7 Å². The largest absolute Gasteiger partial charge is 0.326 e. The smallest absolute Gasteiger partial charge is 0.225 e. The number of nitrogens with one attached hydrogen (secondary N) is 1. The van der Waals surface area contributed by atoms with E-state index in [2.05, 4.69) is 16.4 Å². The molecular weight excluding hydrogens is 366 g/mol. The number of hydrogen-bond donors (Lipinski definition) is 1. The first-order chi connectivity index (χ1) is 13.6. The van der Waals surface area contributed by atoms with Gasteiger partial charge in [0.25, 0.3) is 0 Å². The number of amides is 1. The average Bonchev–Trinajstić information content (AvgIpc) is 2.70. The maximum absolute atomic E-state index is 12.2. The van der Waals surface area contributed by atoms with Gasteiger partial charge < -0.3 is 5.32 Å². The predicted octanol–water partition coefficient (Wildman–Crippen LogP) is 5.36. The van der Waals surface area contributed by atoms with Gasteiger partial charge in [0.05, 0.1) is 11.3 Å². The third-order valence-corrected chi connectivity index (χ3v) is 5.31. The summed E-state index contributed by atoms with van der Waals surface area (Å²) in [5.41, 5.74) is 5.41. The Labute approximate surface area is 169 Å². The molecule has 4 nitrogen and oxygen atoms in total. The summed E-state index contributed by atoms with van der Waals surface area (Å²) in [7, 11) is 0. The first kappa shape index (κ1) is 19.7. The monoisotopic (exact) mass is 387 g/mol. The maximum atomic E-state index is 12.2. The summed E-state index contributed by atoms with van der Waals surface area (Å²) in [5, 5.41) is 13.0. The molecule has 0 bridgehead atoms. The standard InChI is InChI=1S/C23H21N3OS/c1-16-7-9-18(10-8-16)21-12-11-19(15-24)23(26-21)28-14-13-22(27)25-20-6-4-3-5-17(20)2/h3-12H,13-14H2,1-2H3,(H,25,27). The summed E-state index contributed by atoms with van der Waals surface area (Å²) < 4.78 is 0. The molecule has 0 saturated heterocycles. The van der Waals surface area contributed by atoms with Gasteiger partial charge in [0.2, 0.25) is 5.91 Å². The van der Waals surface area contributed by atoms with Crippen LogP contribution in [0, 0.1) is 25.2 Å². The molecule has 0 aliphatic carbocycles. The summed E-state index contributed by atoms with van der Waals surface area (Å²) in [4.78, 5) is 16.9. The topological polar surface area (TPSA) is 65.8 Å². The highest BCUT2D eigenvalue weighted by Gasteiger charge is 2.10. The van der Waals surface area contributed by atoms with Crippen molar-refractivity contribution < 1.29 is 4.79 Å². The number of carbonyl (C=O) groups is 1. The van der Waals surface area contributed by atoms with E-state index in [9.17, 15) is 10.1 Å². The summed E-state index contributed by atoms with van der Waals surface area (Å²) in [5.74, 6) is 0.506. The number of thioether (sulfide) groups is 1. The van der Waals surface area contributed by atoms with Crippen LogP contribution in [0.2, 0.25) is 0 Å². The molecule has 0 aliphatic heterocycles. The highest BCUT2D eigenvalue weighted by Crippen LogP contribution is 2.26. The molecule has 28 heavy (non-hydrogen) atoms. The zero-order chi connectivity index (χ0) is 19.9. The summed E-state index contributed by atoms with van der Waals surface area (Å²) in [6, 6.07) is 21.6. The molecule has 0 unspecified atom stereocenters. The Bertz CT molecular complexity index is 1020. The average molecular weight is 388 g/mol. The first-order valence-electron chi connectivity index (χ1n) is 9.03. The van der Waals surface area contributed by atoms with Crippen LogP contribution in [0.3, 0.4) is 0 Å². The molecule has 5 heteroatoms. The summed E-state index contributed by atoms with van der Waals surface area (Å²) >= 11 is 1.43. The van der Waals surface area contributed by atoms with Gasteiger partial charge in [0.1, 0.15) is 11.1 Å². The van der Waals surface area contributed by atoms with Gasteiger partial charge in [0, 0.05) is 23.4 Å². The Balaban J connectivity index is 1.65. The second kappa shape index (κ2) is 9.20. The number of anilines is 1. The SMILES string of the molecule is Cc1ccc(-c2ccc(C#N)c(SCCC(=O)Nc3ccccc3C)n2)cc1. The number of rotatable bonds is 6. The predicted molar refractivity (Wildman–Crippen MR) is 114 cm³/mol. The fourth-order valence-corrected chi connectivity index (χ4v) is 3.60. The third-order valence-electron chi connectivity index (χ3n) is 4.32. The van der Waals surface area contributed by atoms with Crippen LogP contribution in [0.4, 0.5) is 5.69 Å². The van der Waals surface area contributed by atoms with E-state index in [1.54, 1.807) is 6.07 Å². The van der Waals surface area contributed by atoms with Crippen molar-refractivity contribution >= 4 is 23.4 Å². The Hall–Kier alpha value is -3.10. The lowest BCUT2D eigenvalue weighted by Crippen LogP contribution is -2.13. The van der Waals surface area contributed by atoms with Crippen molar-refractivity contribution in [2.45, 2.75) is 25.3 Å². The van der Waals surface area contributed by atoms with Crippen LogP contribution in [-0.2, 0) is 4.79 Å². The molecule has 1 amide bonds. The van der Waals surface area contributed by atoms with Crippen molar-refractivity contribution in [2.75, 3.05) is 11.1 Å². The first-order valence-corrected chi connectivity index (χ1v) is 10.0. The molecule has 3 aromatic rings. The Kier molecular flexibility index (Phi) is 6.46. The minimum absolute atomic E-state index is 0.0463. The van der Waals surface area contributed by atoms with Crippen LogP contribution in [0.1, 0.15) is 23.1 Å². The van der Waals surface area contributed by atoms with Crippen LogP contribution in [-0.4, -0.2) is 16.6 Å². The maximum Gasteiger partial charge on any atom is 0.225 e. The molecule has 0 fully saturated rings. The molecule has 0 spiro atoms. The lowest BCUT2D eigenvalue weighted by atomic mass is 10.1. The van der Waals surface area contributed by atoms with Gasteiger partial charge in [0.15, 0.2) is 0 Å². The number of benzene rings is 2. The number of para-hydroxylation sites is 1. The van der Waals surface area contributed by atoms with Crippen molar-refractivity contribution in [3.8, 4) is 17.3 Å². The van der Waals surface area contributed by atoms with Crippen molar-refractivity contribution in [1.29, 1.82) is 5.26 Å². The van der Waals surface area contributed by atoms with E-state index in [1.807, 2.05) is 68.4 Å². The molecule has 140 valence electrons. The molecule has 3 rings (SSSR count). The molecule has 0 saturated carbocycles. The Morgan fingerprint density at radius 3 is 2.54 bits per heavy atom.